The van der Waals surface area contributed by atoms with Crippen LogP contribution < -0.4 is 11.1 Å². The number of imide groups is 1. The van der Waals surface area contributed by atoms with Crippen LogP contribution in [0.5, 0.6) is 0 Å². The number of amides is 3. The van der Waals surface area contributed by atoms with Crippen LogP contribution in [-0.4, -0.2) is 40.7 Å². The summed E-state index contributed by atoms with van der Waals surface area (Å²) >= 11 is 1.05. The van der Waals surface area contributed by atoms with Gasteiger partial charge in [-0.25, -0.2) is 4.98 Å². The van der Waals surface area contributed by atoms with Crippen LogP contribution in [0.25, 0.3) is 0 Å². The summed E-state index contributed by atoms with van der Waals surface area (Å²) in [5, 5.41) is 2.82. The SMILES string of the molecule is Cc1nc(N)sc1C(=O)NC1CC(=O)N(C)C1=O. The van der Waals surface area contributed by atoms with Gasteiger partial charge >= 0.3 is 0 Å². The molecule has 0 radical (unpaired) electrons. The number of nitrogens with zero attached hydrogens (tertiary/aromatic N) is 2. The van der Waals surface area contributed by atoms with Gasteiger partial charge in [0.25, 0.3) is 11.8 Å². The number of anilines is 1. The van der Waals surface area contributed by atoms with Crippen LogP contribution in [0.15, 0.2) is 0 Å². The summed E-state index contributed by atoms with van der Waals surface area (Å²) in [5.74, 6) is -1.13. The van der Waals surface area contributed by atoms with E-state index in [9.17, 15) is 14.4 Å². The average molecular weight is 268 g/mol. The smallest absolute Gasteiger partial charge is 0.264 e. The van der Waals surface area contributed by atoms with Crippen molar-refractivity contribution in [2.24, 2.45) is 0 Å². The Kier molecular flexibility index (Phi) is 3.04. The third-order valence-electron chi connectivity index (χ3n) is 2.71. The fourth-order valence-electron chi connectivity index (χ4n) is 1.72. The van der Waals surface area contributed by atoms with Crippen molar-refractivity contribution in [3.05, 3.63) is 10.6 Å². The van der Waals surface area contributed by atoms with E-state index in [0.717, 1.165) is 16.2 Å². The summed E-state index contributed by atoms with van der Waals surface area (Å²) < 4.78 is 0. The van der Waals surface area contributed by atoms with Crippen molar-refractivity contribution in [2.75, 3.05) is 12.8 Å². The average Bonchev–Trinajstić information content (AvgIpc) is 2.75. The molecule has 18 heavy (non-hydrogen) atoms. The molecule has 1 fully saturated rings. The number of likely N-dealkylation sites (tertiary alicyclic amines) is 1. The summed E-state index contributed by atoms with van der Waals surface area (Å²) in [5.41, 5.74) is 6.01. The van der Waals surface area contributed by atoms with Gasteiger partial charge in [0.15, 0.2) is 5.13 Å². The normalized spacial score (nSPS) is 19.4. The molecule has 1 aliphatic heterocycles. The lowest BCUT2D eigenvalue weighted by molar-refractivity contribution is -0.137. The number of hydrogen-bond donors (Lipinski definition) is 2. The highest BCUT2D eigenvalue weighted by Gasteiger charge is 2.37. The summed E-state index contributed by atoms with van der Waals surface area (Å²) in [6, 6.07) is -0.794. The first-order valence-electron chi connectivity index (χ1n) is 5.24. The lowest BCUT2D eigenvalue weighted by Gasteiger charge is -2.10. The van der Waals surface area contributed by atoms with Gasteiger partial charge in [-0.05, 0) is 6.92 Å². The monoisotopic (exact) mass is 268 g/mol. The largest absolute Gasteiger partial charge is 0.375 e. The van der Waals surface area contributed by atoms with Gasteiger partial charge in [-0.15, -0.1) is 0 Å². The fraction of sp³-hybridized carbons (Fsp3) is 0.400. The molecule has 96 valence electrons. The molecule has 0 aliphatic carbocycles. The van der Waals surface area contributed by atoms with Gasteiger partial charge in [-0.3, -0.25) is 19.3 Å². The molecule has 1 unspecified atom stereocenters. The van der Waals surface area contributed by atoms with Crippen molar-refractivity contribution in [1.29, 1.82) is 0 Å². The Morgan fingerprint density at radius 3 is 2.67 bits per heavy atom. The Morgan fingerprint density at radius 1 is 1.56 bits per heavy atom. The summed E-state index contributed by atoms with van der Waals surface area (Å²) in [6.07, 6.45) is -0.00555. The van der Waals surface area contributed by atoms with E-state index in [1.165, 1.54) is 7.05 Å². The summed E-state index contributed by atoms with van der Waals surface area (Å²) in [7, 11) is 1.40. The molecule has 0 aromatic carbocycles. The summed E-state index contributed by atoms with van der Waals surface area (Å²) in [4.78, 5) is 40.2. The van der Waals surface area contributed by atoms with E-state index in [2.05, 4.69) is 10.3 Å². The predicted molar refractivity (Wildman–Crippen MR) is 64.9 cm³/mol. The molecule has 1 saturated heterocycles. The summed E-state index contributed by atoms with van der Waals surface area (Å²) in [6.45, 7) is 1.66. The van der Waals surface area contributed by atoms with Crippen LogP contribution in [0.1, 0.15) is 21.8 Å². The van der Waals surface area contributed by atoms with E-state index in [-0.39, 0.29) is 12.3 Å². The highest BCUT2D eigenvalue weighted by atomic mass is 32.1. The van der Waals surface area contributed by atoms with E-state index in [1.54, 1.807) is 6.92 Å². The van der Waals surface area contributed by atoms with Gasteiger partial charge in [0, 0.05) is 7.05 Å². The van der Waals surface area contributed by atoms with Gasteiger partial charge in [-0.2, -0.15) is 0 Å². The molecular weight excluding hydrogens is 256 g/mol. The lowest BCUT2D eigenvalue weighted by Crippen LogP contribution is -2.40. The zero-order chi connectivity index (χ0) is 13.4. The van der Waals surface area contributed by atoms with Crippen molar-refractivity contribution in [3.63, 3.8) is 0 Å². The van der Waals surface area contributed by atoms with Gasteiger partial charge in [-0.1, -0.05) is 11.3 Å². The van der Waals surface area contributed by atoms with Crippen LogP contribution in [0.3, 0.4) is 0 Å². The third-order valence-corrected chi connectivity index (χ3v) is 3.69. The van der Waals surface area contributed by atoms with Crippen molar-refractivity contribution in [3.8, 4) is 0 Å². The second kappa shape index (κ2) is 4.37. The molecule has 1 aromatic heterocycles. The molecule has 1 atom stereocenters. The molecule has 3 N–H and O–H groups in total. The molecule has 3 amide bonds. The Hall–Kier alpha value is -1.96. The molecule has 2 rings (SSSR count). The van der Waals surface area contributed by atoms with Gasteiger partial charge in [0.2, 0.25) is 5.91 Å². The number of hydrogen-bond acceptors (Lipinski definition) is 6. The highest BCUT2D eigenvalue weighted by Crippen LogP contribution is 2.20. The zero-order valence-electron chi connectivity index (χ0n) is 9.89. The number of aromatic nitrogens is 1. The highest BCUT2D eigenvalue weighted by molar-refractivity contribution is 7.17. The maximum atomic E-state index is 11.9. The van der Waals surface area contributed by atoms with Crippen molar-refractivity contribution in [1.82, 2.24) is 15.2 Å². The Morgan fingerprint density at radius 2 is 2.22 bits per heavy atom. The van der Waals surface area contributed by atoms with E-state index < -0.39 is 17.9 Å². The molecule has 0 bridgehead atoms. The molecular formula is C10H12N4O3S. The first-order valence-corrected chi connectivity index (χ1v) is 6.06. The third kappa shape index (κ3) is 2.06. The number of nitrogen functional groups attached to an aromatic ring is 1. The lowest BCUT2D eigenvalue weighted by atomic mass is 10.2. The zero-order valence-corrected chi connectivity index (χ0v) is 10.7. The molecule has 2 heterocycles. The van der Waals surface area contributed by atoms with Gasteiger partial charge < -0.3 is 11.1 Å². The first-order chi connectivity index (χ1) is 8.40. The molecule has 1 aliphatic rings. The minimum Gasteiger partial charge on any atom is -0.375 e. The molecule has 8 heteroatoms. The second-order valence-electron chi connectivity index (χ2n) is 3.99. The number of likely N-dealkylation sites (N-methyl/N-ethyl adjacent to an activating group) is 1. The van der Waals surface area contributed by atoms with E-state index in [1.807, 2.05) is 0 Å². The molecule has 1 aromatic rings. The van der Waals surface area contributed by atoms with Crippen molar-refractivity contribution < 1.29 is 14.4 Å². The Balaban J connectivity index is 2.11. The predicted octanol–water partition coefficient (Wildman–Crippen LogP) is -0.479. The number of carbonyl (C=O) groups excluding carboxylic acids is 3. The number of nitrogens with two attached hydrogens (primary N) is 1. The molecule has 0 spiro atoms. The van der Waals surface area contributed by atoms with E-state index in [0.29, 0.717) is 15.7 Å². The van der Waals surface area contributed by atoms with E-state index in [4.69, 9.17) is 5.73 Å². The van der Waals surface area contributed by atoms with Crippen LogP contribution >= 0.6 is 11.3 Å². The fourth-order valence-corrected chi connectivity index (χ4v) is 2.46. The number of thiazole rings is 1. The molecule has 7 nitrogen and oxygen atoms in total. The minimum absolute atomic E-state index is 0.00555. The van der Waals surface area contributed by atoms with Crippen LogP contribution in [-0.2, 0) is 9.59 Å². The standard InChI is InChI=1S/C10H12N4O3S/c1-4-7(18-10(11)12-4)8(16)13-5-3-6(15)14(2)9(5)17/h5H,3H2,1-2H3,(H2,11,12)(H,13,16). The van der Waals surface area contributed by atoms with Gasteiger partial charge in [0.05, 0.1) is 12.1 Å². The number of rotatable bonds is 2. The van der Waals surface area contributed by atoms with Crippen LogP contribution in [0, 0.1) is 6.92 Å². The minimum atomic E-state index is -0.794. The second-order valence-corrected chi connectivity index (χ2v) is 5.02. The van der Waals surface area contributed by atoms with Crippen molar-refractivity contribution in [2.45, 2.75) is 19.4 Å². The topological polar surface area (TPSA) is 105 Å². The molecule has 0 saturated carbocycles. The Labute approximate surface area is 107 Å². The quantitative estimate of drug-likeness (QED) is 0.705. The first kappa shape index (κ1) is 12.5. The van der Waals surface area contributed by atoms with Crippen LogP contribution in [0.2, 0.25) is 0 Å². The number of nitrogens with one attached hydrogen (secondary N) is 1. The Bertz CT molecular complexity index is 539. The maximum Gasteiger partial charge on any atom is 0.264 e. The van der Waals surface area contributed by atoms with Crippen LogP contribution in [0.4, 0.5) is 5.13 Å². The van der Waals surface area contributed by atoms with Crippen molar-refractivity contribution >= 4 is 34.2 Å². The maximum absolute atomic E-state index is 11.9. The van der Waals surface area contributed by atoms with E-state index >= 15 is 0 Å². The number of carbonyl (C=O) groups is 3. The van der Waals surface area contributed by atoms with Gasteiger partial charge in [0.1, 0.15) is 10.9 Å². The number of aryl methyl sites for hydroxylation is 1.